The van der Waals surface area contributed by atoms with Gasteiger partial charge < -0.3 is 4.42 Å². The van der Waals surface area contributed by atoms with Crippen LogP contribution < -0.4 is 10.9 Å². The summed E-state index contributed by atoms with van der Waals surface area (Å²) in [7, 11) is 0. The summed E-state index contributed by atoms with van der Waals surface area (Å²) in [5.41, 5.74) is -0.276. The van der Waals surface area contributed by atoms with Gasteiger partial charge in [0, 0.05) is 12.3 Å². The predicted octanol–water partition coefficient (Wildman–Crippen LogP) is 0.867. The van der Waals surface area contributed by atoms with Crippen molar-refractivity contribution in [1.29, 1.82) is 0 Å². The highest BCUT2D eigenvalue weighted by atomic mass is 16.4. The van der Waals surface area contributed by atoms with Gasteiger partial charge in [-0.05, 0) is 6.07 Å². The van der Waals surface area contributed by atoms with Gasteiger partial charge in [-0.1, -0.05) is 23.3 Å². The summed E-state index contributed by atoms with van der Waals surface area (Å²) in [5, 5.41) is 16.6. The molecule has 2 N–H and O–H groups in total. The number of anilines is 1. The van der Waals surface area contributed by atoms with E-state index in [1.54, 1.807) is 31.2 Å². The van der Waals surface area contributed by atoms with Crippen LogP contribution in [0.15, 0.2) is 33.5 Å². The highest BCUT2D eigenvalue weighted by Gasteiger charge is 2.16. The minimum atomic E-state index is -0.541. The van der Waals surface area contributed by atoms with Gasteiger partial charge in [0.25, 0.3) is 11.5 Å². The number of fused-ring (bicyclic) bond motifs is 1. The monoisotopic (exact) mass is 271 g/mol. The lowest BCUT2D eigenvalue weighted by molar-refractivity contribution is 0.102. The van der Waals surface area contributed by atoms with Crippen molar-refractivity contribution in [3.8, 4) is 0 Å². The molecule has 0 atom stereocenters. The van der Waals surface area contributed by atoms with E-state index in [4.69, 9.17) is 4.42 Å². The molecule has 0 unspecified atom stereocenters. The van der Waals surface area contributed by atoms with Crippen molar-refractivity contribution in [3.63, 3.8) is 0 Å². The van der Waals surface area contributed by atoms with E-state index in [0.717, 1.165) is 0 Å². The standard InChI is InChI=1S/C12H9N5O3/c1-6-14-17-12(20-6)13-11(19)9-7-4-2-3-5-8(7)10(18)16-15-9/h2-5H,1H3,(H,16,18)(H,13,17,19). The number of nitrogens with one attached hydrogen (secondary N) is 2. The van der Waals surface area contributed by atoms with Gasteiger partial charge in [0.1, 0.15) is 0 Å². The number of carbonyl (C=O) groups excluding carboxylic acids is 1. The number of aromatic nitrogens is 4. The van der Waals surface area contributed by atoms with E-state index in [-0.39, 0.29) is 17.3 Å². The fraction of sp³-hybridized carbons (Fsp3) is 0.0833. The van der Waals surface area contributed by atoms with Crippen LogP contribution >= 0.6 is 0 Å². The van der Waals surface area contributed by atoms with Crippen LogP contribution in [0.2, 0.25) is 0 Å². The smallest absolute Gasteiger partial charge is 0.322 e. The Labute approximate surface area is 111 Å². The Hall–Kier alpha value is -3.03. The summed E-state index contributed by atoms with van der Waals surface area (Å²) in [6.07, 6.45) is 0. The third-order valence-electron chi connectivity index (χ3n) is 2.66. The summed E-state index contributed by atoms with van der Waals surface area (Å²) in [6, 6.07) is 6.66. The second-order valence-corrected chi connectivity index (χ2v) is 4.03. The van der Waals surface area contributed by atoms with Gasteiger partial charge in [-0.2, -0.15) is 5.10 Å². The number of aryl methyl sites for hydroxylation is 1. The van der Waals surface area contributed by atoms with E-state index in [1.807, 2.05) is 0 Å². The topological polar surface area (TPSA) is 114 Å². The molecule has 0 saturated carbocycles. The first-order chi connectivity index (χ1) is 9.65. The van der Waals surface area contributed by atoms with Crippen molar-refractivity contribution >= 4 is 22.7 Å². The molecule has 0 saturated heterocycles. The SMILES string of the molecule is Cc1nnc(NC(=O)c2n[nH]c(=O)c3ccccc23)o1. The van der Waals surface area contributed by atoms with Crippen molar-refractivity contribution in [2.45, 2.75) is 6.92 Å². The van der Waals surface area contributed by atoms with Crippen LogP contribution in [-0.4, -0.2) is 26.3 Å². The number of hydrogen-bond acceptors (Lipinski definition) is 6. The fourth-order valence-corrected chi connectivity index (χ4v) is 1.79. The summed E-state index contributed by atoms with van der Waals surface area (Å²) >= 11 is 0. The highest BCUT2D eigenvalue weighted by Crippen LogP contribution is 2.14. The van der Waals surface area contributed by atoms with E-state index in [2.05, 4.69) is 25.7 Å². The summed E-state index contributed by atoms with van der Waals surface area (Å²) < 4.78 is 5.06. The summed E-state index contributed by atoms with van der Waals surface area (Å²) in [5.74, 6) is -0.208. The number of rotatable bonds is 2. The average molecular weight is 271 g/mol. The Bertz CT molecular complexity index is 851. The zero-order valence-electron chi connectivity index (χ0n) is 10.4. The van der Waals surface area contributed by atoms with Gasteiger partial charge in [-0.3, -0.25) is 14.9 Å². The summed E-state index contributed by atoms with van der Waals surface area (Å²) in [6.45, 7) is 1.61. The molecule has 8 nitrogen and oxygen atoms in total. The molecule has 2 heterocycles. The summed E-state index contributed by atoms with van der Waals surface area (Å²) in [4.78, 5) is 23.7. The molecule has 20 heavy (non-hydrogen) atoms. The van der Waals surface area contributed by atoms with Gasteiger partial charge in [0.05, 0.1) is 5.39 Å². The third-order valence-corrected chi connectivity index (χ3v) is 2.66. The first-order valence-corrected chi connectivity index (χ1v) is 5.74. The minimum absolute atomic E-state index is 0.0235. The van der Waals surface area contributed by atoms with Crippen molar-refractivity contribution in [2.24, 2.45) is 0 Å². The molecule has 0 radical (unpaired) electrons. The number of H-pyrrole nitrogens is 1. The molecule has 1 aromatic carbocycles. The molecular formula is C12H9N5O3. The van der Waals surface area contributed by atoms with Crippen molar-refractivity contribution in [1.82, 2.24) is 20.4 Å². The maximum absolute atomic E-state index is 12.1. The van der Waals surface area contributed by atoms with Crippen LogP contribution in [0.3, 0.4) is 0 Å². The Morgan fingerprint density at radius 3 is 2.70 bits per heavy atom. The molecule has 0 aliphatic heterocycles. The van der Waals surface area contributed by atoms with Crippen LogP contribution in [0.1, 0.15) is 16.4 Å². The largest absolute Gasteiger partial charge is 0.408 e. The van der Waals surface area contributed by atoms with Crippen LogP contribution in [0.5, 0.6) is 0 Å². The van der Waals surface area contributed by atoms with Crippen LogP contribution in [-0.2, 0) is 0 Å². The first-order valence-electron chi connectivity index (χ1n) is 5.74. The number of carbonyl (C=O) groups is 1. The number of benzene rings is 1. The molecular weight excluding hydrogens is 262 g/mol. The van der Waals surface area contributed by atoms with Crippen molar-refractivity contribution in [3.05, 3.63) is 46.2 Å². The molecule has 1 amide bonds. The predicted molar refractivity (Wildman–Crippen MR) is 69.4 cm³/mol. The minimum Gasteiger partial charge on any atom is -0.408 e. The Morgan fingerprint density at radius 2 is 2.00 bits per heavy atom. The lowest BCUT2D eigenvalue weighted by Gasteiger charge is -2.03. The van der Waals surface area contributed by atoms with Crippen molar-refractivity contribution < 1.29 is 9.21 Å². The normalized spacial score (nSPS) is 10.7. The van der Waals surface area contributed by atoms with Crippen LogP contribution in [0.4, 0.5) is 6.01 Å². The third kappa shape index (κ3) is 2.03. The lowest BCUT2D eigenvalue weighted by atomic mass is 10.1. The van der Waals surface area contributed by atoms with Gasteiger partial charge in [-0.25, -0.2) is 5.10 Å². The molecule has 0 aliphatic rings. The molecule has 3 aromatic rings. The Balaban J connectivity index is 2.04. The second-order valence-electron chi connectivity index (χ2n) is 4.03. The molecule has 2 aromatic heterocycles. The maximum Gasteiger partial charge on any atom is 0.322 e. The van der Waals surface area contributed by atoms with E-state index in [0.29, 0.717) is 16.7 Å². The Kier molecular flexibility index (Phi) is 2.75. The van der Waals surface area contributed by atoms with Crippen LogP contribution in [0.25, 0.3) is 10.8 Å². The van der Waals surface area contributed by atoms with Gasteiger partial charge in [0.2, 0.25) is 5.89 Å². The number of hydrogen-bond donors (Lipinski definition) is 2. The van der Waals surface area contributed by atoms with Gasteiger partial charge >= 0.3 is 6.01 Å². The molecule has 0 aliphatic carbocycles. The zero-order valence-corrected chi connectivity index (χ0v) is 10.4. The Morgan fingerprint density at radius 1 is 1.25 bits per heavy atom. The number of nitrogens with zero attached hydrogens (tertiary/aromatic N) is 3. The van der Waals surface area contributed by atoms with E-state index >= 15 is 0 Å². The quantitative estimate of drug-likeness (QED) is 0.714. The van der Waals surface area contributed by atoms with Crippen molar-refractivity contribution in [2.75, 3.05) is 5.32 Å². The van der Waals surface area contributed by atoms with Gasteiger partial charge in [0.15, 0.2) is 5.69 Å². The first kappa shape index (κ1) is 12.0. The van der Waals surface area contributed by atoms with E-state index < -0.39 is 5.91 Å². The average Bonchev–Trinajstić information content (AvgIpc) is 2.84. The molecule has 0 spiro atoms. The second kappa shape index (κ2) is 4.57. The number of amides is 1. The maximum atomic E-state index is 12.1. The molecule has 8 heteroatoms. The van der Waals surface area contributed by atoms with E-state index in [1.165, 1.54) is 0 Å². The molecule has 100 valence electrons. The zero-order chi connectivity index (χ0) is 14.1. The van der Waals surface area contributed by atoms with E-state index in [9.17, 15) is 9.59 Å². The fourth-order valence-electron chi connectivity index (χ4n) is 1.79. The highest BCUT2D eigenvalue weighted by molar-refractivity contribution is 6.10. The molecule has 3 rings (SSSR count). The number of aromatic amines is 1. The molecule has 0 bridgehead atoms. The van der Waals surface area contributed by atoms with Crippen LogP contribution in [0, 0.1) is 6.92 Å². The van der Waals surface area contributed by atoms with Gasteiger partial charge in [-0.15, -0.1) is 5.10 Å². The lowest BCUT2D eigenvalue weighted by Crippen LogP contribution is -2.19. The molecule has 0 fully saturated rings.